The number of carbonyl (C=O) groups is 3. The van der Waals surface area contributed by atoms with Crippen molar-refractivity contribution in [2.45, 2.75) is 32.7 Å². The minimum atomic E-state index is -3.53. The third kappa shape index (κ3) is 7.73. The molecule has 0 aliphatic rings. The Kier molecular flexibility index (Phi) is 9.63. The Bertz CT molecular complexity index is 982. The SMILES string of the molecule is CCOC(=O)CNP(=O)(c1ccccc1)C(C)(C)NC(=O)CNC(=O)OCc1ccccc1. The maximum Gasteiger partial charge on any atom is 0.407 e. The van der Waals surface area contributed by atoms with Crippen LogP contribution in [0.4, 0.5) is 4.79 Å². The van der Waals surface area contributed by atoms with Gasteiger partial charge >= 0.3 is 12.1 Å². The van der Waals surface area contributed by atoms with Crippen LogP contribution < -0.4 is 21.0 Å². The maximum atomic E-state index is 14.0. The van der Waals surface area contributed by atoms with Crippen LogP contribution in [0.3, 0.4) is 0 Å². The van der Waals surface area contributed by atoms with Crippen molar-refractivity contribution in [2.24, 2.45) is 0 Å². The highest BCUT2D eigenvalue weighted by atomic mass is 31.2. The Labute approximate surface area is 193 Å². The van der Waals surface area contributed by atoms with Gasteiger partial charge in [-0.25, -0.2) is 4.79 Å². The predicted molar refractivity (Wildman–Crippen MR) is 125 cm³/mol. The number of ether oxygens (including phenoxy) is 2. The molecule has 0 saturated heterocycles. The first-order valence-corrected chi connectivity index (χ1v) is 12.2. The Morgan fingerprint density at radius 1 is 0.909 bits per heavy atom. The Morgan fingerprint density at radius 2 is 1.52 bits per heavy atom. The molecular formula is C23H30N3O6P. The summed E-state index contributed by atoms with van der Waals surface area (Å²) in [6.45, 7) is 4.46. The highest BCUT2D eigenvalue weighted by Crippen LogP contribution is 2.51. The molecular weight excluding hydrogens is 445 g/mol. The standard InChI is InChI=1S/C23H30N3O6P/c1-4-31-21(28)16-25-33(30,19-13-9-6-10-14-19)23(2,3)26-20(27)15-24-22(29)32-17-18-11-7-5-8-12-18/h5-14H,4,15-17H2,1-3H3,(H,24,29)(H,25,30)(H,26,27). The zero-order valence-electron chi connectivity index (χ0n) is 19.0. The molecule has 0 aliphatic carbocycles. The average Bonchev–Trinajstić information content (AvgIpc) is 2.81. The van der Waals surface area contributed by atoms with Crippen molar-refractivity contribution in [3.63, 3.8) is 0 Å². The van der Waals surface area contributed by atoms with Crippen LogP contribution in [-0.4, -0.2) is 42.9 Å². The second-order valence-electron chi connectivity index (χ2n) is 7.61. The third-order valence-corrected chi connectivity index (χ3v) is 8.02. The summed E-state index contributed by atoms with van der Waals surface area (Å²) in [5, 5.41) is 7.03. The first-order chi connectivity index (χ1) is 15.7. The Balaban J connectivity index is 2.00. The molecule has 2 rings (SSSR count). The number of rotatable bonds is 11. The molecule has 0 radical (unpaired) electrons. The molecule has 2 aromatic carbocycles. The summed E-state index contributed by atoms with van der Waals surface area (Å²) in [6.07, 6.45) is -0.751. The quantitative estimate of drug-likeness (QED) is 0.337. The van der Waals surface area contributed by atoms with Crippen molar-refractivity contribution in [1.82, 2.24) is 15.7 Å². The van der Waals surface area contributed by atoms with Crippen molar-refractivity contribution in [2.75, 3.05) is 19.7 Å². The molecule has 3 N–H and O–H groups in total. The number of esters is 1. The lowest BCUT2D eigenvalue weighted by atomic mass is 10.2. The van der Waals surface area contributed by atoms with E-state index in [1.165, 1.54) is 0 Å². The highest BCUT2D eigenvalue weighted by Gasteiger charge is 2.43. The van der Waals surface area contributed by atoms with E-state index in [1.54, 1.807) is 51.1 Å². The van der Waals surface area contributed by atoms with Crippen molar-refractivity contribution >= 4 is 30.6 Å². The Morgan fingerprint density at radius 3 is 2.12 bits per heavy atom. The van der Waals surface area contributed by atoms with Gasteiger partial charge in [-0.3, -0.25) is 19.2 Å². The fourth-order valence-electron chi connectivity index (χ4n) is 3.03. The summed E-state index contributed by atoms with van der Waals surface area (Å²) in [4.78, 5) is 36.3. The number of hydrogen-bond donors (Lipinski definition) is 3. The van der Waals surface area contributed by atoms with Crippen LogP contribution in [-0.2, 0) is 30.2 Å². The number of benzene rings is 2. The first kappa shape index (κ1) is 26.1. The fourth-order valence-corrected chi connectivity index (χ4v) is 5.48. The van der Waals surface area contributed by atoms with E-state index in [0.29, 0.717) is 5.30 Å². The molecule has 0 aliphatic heterocycles. The predicted octanol–water partition coefficient (Wildman–Crippen LogP) is 2.52. The van der Waals surface area contributed by atoms with Gasteiger partial charge in [0.25, 0.3) is 0 Å². The van der Waals surface area contributed by atoms with Crippen LogP contribution >= 0.6 is 7.29 Å². The molecule has 0 fully saturated rings. The molecule has 0 bridgehead atoms. The van der Waals surface area contributed by atoms with Gasteiger partial charge in [0, 0.05) is 5.30 Å². The summed E-state index contributed by atoms with van der Waals surface area (Å²) in [7, 11) is -3.53. The van der Waals surface area contributed by atoms with Crippen LogP contribution in [0.15, 0.2) is 60.7 Å². The highest BCUT2D eigenvalue weighted by molar-refractivity contribution is 7.71. The van der Waals surface area contributed by atoms with Gasteiger partial charge < -0.3 is 20.1 Å². The molecule has 0 heterocycles. The van der Waals surface area contributed by atoms with Gasteiger partial charge in [0.2, 0.25) is 13.2 Å². The number of amides is 2. The van der Waals surface area contributed by atoms with Crippen LogP contribution in [0.2, 0.25) is 0 Å². The normalized spacial score (nSPS) is 12.8. The van der Waals surface area contributed by atoms with Gasteiger partial charge in [-0.05, 0) is 26.3 Å². The summed E-state index contributed by atoms with van der Waals surface area (Å²) in [5.74, 6) is -1.12. The van der Waals surface area contributed by atoms with Gasteiger partial charge in [0.1, 0.15) is 25.0 Å². The van der Waals surface area contributed by atoms with Crippen molar-refractivity contribution in [1.29, 1.82) is 0 Å². The van der Waals surface area contributed by atoms with Crippen molar-refractivity contribution < 1.29 is 28.4 Å². The molecule has 9 nitrogen and oxygen atoms in total. The molecule has 2 aromatic rings. The zero-order chi connectivity index (χ0) is 24.3. The number of alkyl carbamates (subject to hydrolysis) is 1. The van der Waals surface area contributed by atoms with E-state index >= 15 is 0 Å². The molecule has 1 atom stereocenters. The largest absolute Gasteiger partial charge is 0.465 e. The van der Waals surface area contributed by atoms with Crippen molar-refractivity contribution in [3.8, 4) is 0 Å². The first-order valence-electron chi connectivity index (χ1n) is 10.5. The van der Waals surface area contributed by atoms with Crippen LogP contribution in [0.1, 0.15) is 26.3 Å². The number of hydrogen-bond acceptors (Lipinski definition) is 6. The molecule has 0 saturated carbocycles. The summed E-state index contributed by atoms with van der Waals surface area (Å²) >= 11 is 0. The van der Waals surface area contributed by atoms with Crippen LogP contribution in [0.25, 0.3) is 0 Å². The monoisotopic (exact) mass is 475 g/mol. The van der Waals surface area contributed by atoms with E-state index in [9.17, 15) is 18.9 Å². The molecule has 10 heteroatoms. The van der Waals surface area contributed by atoms with E-state index in [2.05, 4.69) is 15.7 Å². The third-order valence-electron chi connectivity index (χ3n) is 4.71. The van der Waals surface area contributed by atoms with E-state index in [0.717, 1.165) is 5.56 Å². The van der Waals surface area contributed by atoms with Gasteiger partial charge in [0.05, 0.1) is 6.61 Å². The number of carbonyl (C=O) groups excluding carboxylic acids is 3. The summed E-state index contributed by atoms with van der Waals surface area (Å²) in [6, 6.07) is 17.7. The topological polar surface area (TPSA) is 123 Å². The molecule has 2 amide bonds. The smallest absolute Gasteiger partial charge is 0.407 e. The zero-order valence-corrected chi connectivity index (χ0v) is 19.9. The second-order valence-corrected chi connectivity index (χ2v) is 10.8. The second kappa shape index (κ2) is 12.2. The van der Waals surface area contributed by atoms with Gasteiger partial charge in [-0.15, -0.1) is 0 Å². The molecule has 1 unspecified atom stereocenters. The minimum absolute atomic E-state index is 0.0702. The van der Waals surface area contributed by atoms with Gasteiger partial charge in [-0.1, -0.05) is 60.7 Å². The summed E-state index contributed by atoms with van der Waals surface area (Å²) in [5.41, 5.74) is 0.815. The summed E-state index contributed by atoms with van der Waals surface area (Å²) < 4.78 is 24.0. The van der Waals surface area contributed by atoms with Crippen LogP contribution in [0.5, 0.6) is 0 Å². The van der Waals surface area contributed by atoms with E-state index < -0.39 is 30.5 Å². The fraction of sp³-hybridized carbons (Fsp3) is 0.348. The lowest BCUT2D eigenvalue weighted by Crippen LogP contribution is -2.51. The molecule has 178 valence electrons. The molecule has 0 spiro atoms. The molecule has 0 aromatic heterocycles. The lowest BCUT2D eigenvalue weighted by Gasteiger charge is -2.36. The van der Waals surface area contributed by atoms with Gasteiger partial charge in [-0.2, -0.15) is 0 Å². The van der Waals surface area contributed by atoms with Gasteiger partial charge in [0.15, 0.2) is 0 Å². The minimum Gasteiger partial charge on any atom is -0.465 e. The van der Waals surface area contributed by atoms with E-state index in [1.807, 2.05) is 30.3 Å². The lowest BCUT2D eigenvalue weighted by molar-refractivity contribution is -0.141. The Hall–Kier alpha value is -3.16. The van der Waals surface area contributed by atoms with Crippen LogP contribution in [0, 0.1) is 0 Å². The average molecular weight is 475 g/mol. The molecule has 33 heavy (non-hydrogen) atoms. The van der Waals surface area contributed by atoms with E-state index in [4.69, 9.17) is 9.47 Å². The van der Waals surface area contributed by atoms with Crippen molar-refractivity contribution in [3.05, 3.63) is 66.2 Å². The van der Waals surface area contributed by atoms with E-state index in [-0.39, 0.29) is 26.3 Å². The maximum absolute atomic E-state index is 14.0. The number of nitrogens with one attached hydrogen (secondary N) is 3.